The van der Waals surface area contributed by atoms with Gasteiger partial charge in [-0.05, 0) is 30.0 Å². The number of hydrogen-bond donors (Lipinski definition) is 0. The van der Waals surface area contributed by atoms with Gasteiger partial charge in [0.25, 0.3) is 0 Å². The second kappa shape index (κ2) is 6.60. The predicted octanol–water partition coefficient (Wildman–Crippen LogP) is 3.56. The molecule has 0 radical (unpaired) electrons. The second-order valence-corrected chi connectivity index (χ2v) is 4.98. The van der Waals surface area contributed by atoms with E-state index in [9.17, 15) is 14.0 Å². The van der Waals surface area contributed by atoms with Crippen LogP contribution in [-0.2, 0) is 17.6 Å². The molecular weight excluding hydrogens is 243 g/mol. The van der Waals surface area contributed by atoms with Crippen molar-refractivity contribution in [2.24, 2.45) is 5.92 Å². The Morgan fingerprint density at radius 1 is 1.16 bits per heavy atom. The Balaban J connectivity index is 3.13. The number of Topliss-reactive ketones (excluding diaryl/α,β-unsaturated/α-hetero) is 2. The number of hydrogen-bond acceptors (Lipinski definition) is 2. The Hall–Kier alpha value is -1.51. The van der Waals surface area contributed by atoms with Gasteiger partial charge in [0, 0.05) is 11.5 Å². The average Bonchev–Trinajstić information content (AvgIpc) is 2.43. The van der Waals surface area contributed by atoms with Crippen LogP contribution in [0.25, 0.3) is 0 Å². The SMILES string of the molecule is CCc1ccc(CC)c(C(=O)C(F)C(=O)C(C)C)c1. The number of aryl methyl sites for hydroxylation is 2. The second-order valence-electron chi connectivity index (χ2n) is 4.98. The summed E-state index contributed by atoms with van der Waals surface area (Å²) in [6, 6.07) is 5.49. The van der Waals surface area contributed by atoms with Gasteiger partial charge in [0.2, 0.25) is 12.0 Å². The van der Waals surface area contributed by atoms with Crippen molar-refractivity contribution in [3.05, 3.63) is 34.9 Å². The molecule has 1 rings (SSSR count). The van der Waals surface area contributed by atoms with E-state index >= 15 is 0 Å². The summed E-state index contributed by atoms with van der Waals surface area (Å²) in [4.78, 5) is 23.8. The van der Waals surface area contributed by atoms with Crippen molar-refractivity contribution in [2.75, 3.05) is 0 Å². The van der Waals surface area contributed by atoms with E-state index in [-0.39, 0.29) is 0 Å². The van der Waals surface area contributed by atoms with E-state index in [1.165, 1.54) is 0 Å². The Labute approximate surface area is 114 Å². The van der Waals surface area contributed by atoms with Gasteiger partial charge in [-0.25, -0.2) is 4.39 Å². The highest BCUT2D eigenvalue weighted by molar-refractivity contribution is 6.14. The lowest BCUT2D eigenvalue weighted by Gasteiger charge is -2.13. The largest absolute Gasteiger partial charge is 0.296 e. The minimum Gasteiger partial charge on any atom is -0.296 e. The van der Waals surface area contributed by atoms with E-state index in [0.29, 0.717) is 12.0 Å². The molecule has 0 aliphatic rings. The minimum atomic E-state index is -2.04. The highest BCUT2D eigenvalue weighted by Gasteiger charge is 2.30. The molecule has 2 nitrogen and oxygen atoms in total. The summed E-state index contributed by atoms with van der Waals surface area (Å²) >= 11 is 0. The number of carbonyl (C=O) groups is 2. The van der Waals surface area contributed by atoms with Crippen LogP contribution in [0.5, 0.6) is 0 Å². The van der Waals surface area contributed by atoms with Crippen LogP contribution in [0.15, 0.2) is 18.2 Å². The van der Waals surface area contributed by atoms with Crippen molar-refractivity contribution in [2.45, 2.75) is 46.7 Å². The summed E-state index contributed by atoms with van der Waals surface area (Å²) in [7, 11) is 0. The van der Waals surface area contributed by atoms with Crippen LogP contribution >= 0.6 is 0 Å². The van der Waals surface area contributed by atoms with Crippen LogP contribution < -0.4 is 0 Å². The maximum atomic E-state index is 14.0. The van der Waals surface area contributed by atoms with Crippen LogP contribution in [0.2, 0.25) is 0 Å². The lowest BCUT2D eigenvalue weighted by molar-refractivity contribution is -0.125. The molecule has 0 heterocycles. The Morgan fingerprint density at radius 3 is 2.26 bits per heavy atom. The van der Waals surface area contributed by atoms with E-state index in [1.54, 1.807) is 19.9 Å². The van der Waals surface area contributed by atoms with Gasteiger partial charge in [0.05, 0.1) is 0 Å². The number of benzene rings is 1. The zero-order valence-corrected chi connectivity index (χ0v) is 12.0. The maximum absolute atomic E-state index is 14.0. The zero-order valence-electron chi connectivity index (χ0n) is 12.0. The Morgan fingerprint density at radius 2 is 1.79 bits per heavy atom. The molecule has 0 spiro atoms. The van der Waals surface area contributed by atoms with E-state index < -0.39 is 23.7 Å². The Kier molecular flexibility index (Phi) is 5.40. The lowest BCUT2D eigenvalue weighted by Crippen LogP contribution is -2.30. The Bertz CT molecular complexity index is 478. The van der Waals surface area contributed by atoms with Gasteiger partial charge in [-0.15, -0.1) is 0 Å². The summed E-state index contributed by atoms with van der Waals surface area (Å²) < 4.78 is 14.0. The van der Waals surface area contributed by atoms with Crippen LogP contribution in [0, 0.1) is 5.92 Å². The molecular formula is C16H21FO2. The number of carbonyl (C=O) groups excluding carboxylic acids is 2. The summed E-state index contributed by atoms with van der Waals surface area (Å²) in [5.41, 5.74) is 2.12. The van der Waals surface area contributed by atoms with Crippen molar-refractivity contribution in [3.8, 4) is 0 Å². The number of halogens is 1. The fraction of sp³-hybridized carbons (Fsp3) is 0.500. The number of ketones is 2. The first kappa shape index (κ1) is 15.5. The van der Waals surface area contributed by atoms with Gasteiger partial charge in [0.15, 0.2) is 5.78 Å². The highest BCUT2D eigenvalue weighted by Crippen LogP contribution is 2.18. The molecule has 1 aromatic rings. The zero-order chi connectivity index (χ0) is 14.6. The number of alkyl halides is 1. The summed E-state index contributed by atoms with van der Waals surface area (Å²) in [5, 5.41) is 0. The third-order valence-electron chi connectivity index (χ3n) is 3.28. The monoisotopic (exact) mass is 264 g/mol. The molecule has 1 aromatic carbocycles. The maximum Gasteiger partial charge on any atom is 0.221 e. The van der Waals surface area contributed by atoms with E-state index in [0.717, 1.165) is 17.5 Å². The minimum absolute atomic E-state index is 0.350. The van der Waals surface area contributed by atoms with Crippen LogP contribution in [0.4, 0.5) is 4.39 Å². The molecule has 3 heteroatoms. The smallest absolute Gasteiger partial charge is 0.221 e. The quantitative estimate of drug-likeness (QED) is 0.581. The standard InChI is InChI=1S/C16H21FO2/c1-5-11-7-8-12(6-2)13(9-11)16(19)14(17)15(18)10(3)4/h7-10,14H,5-6H2,1-4H3. The van der Waals surface area contributed by atoms with Crippen molar-refractivity contribution in [1.29, 1.82) is 0 Å². The molecule has 1 unspecified atom stereocenters. The van der Waals surface area contributed by atoms with E-state index in [1.807, 2.05) is 26.0 Å². The third kappa shape index (κ3) is 3.49. The van der Waals surface area contributed by atoms with Gasteiger partial charge >= 0.3 is 0 Å². The normalized spacial score (nSPS) is 12.5. The van der Waals surface area contributed by atoms with Crippen LogP contribution in [-0.4, -0.2) is 17.7 Å². The molecule has 19 heavy (non-hydrogen) atoms. The molecule has 0 aliphatic carbocycles. The molecule has 0 aliphatic heterocycles. The molecule has 0 N–H and O–H groups in total. The van der Waals surface area contributed by atoms with Gasteiger partial charge in [0.1, 0.15) is 0 Å². The summed E-state index contributed by atoms with van der Waals surface area (Å²) in [6.07, 6.45) is -0.620. The lowest BCUT2D eigenvalue weighted by atomic mass is 9.92. The summed E-state index contributed by atoms with van der Waals surface area (Å²) in [5.74, 6) is -1.82. The first-order chi connectivity index (χ1) is 8.92. The first-order valence-corrected chi connectivity index (χ1v) is 6.76. The topological polar surface area (TPSA) is 34.1 Å². The molecule has 0 saturated heterocycles. The highest BCUT2D eigenvalue weighted by atomic mass is 19.1. The van der Waals surface area contributed by atoms with Crippen molar-refractivity contribution in [1.82, 2.24) is 0 Å². The van der Waals surface area contributed by atoms with Gasteiger partial charge in [-0.3, -0.25) is 9.59 Å². The first-order valence-electron chi connectivity index (χ1n) is 6.76. The molecule has 0 fully saturated rings. The van der Waals surface area contributed by atoms with Gasteiger partial charge in [-0.2, -0.15) is 0 Å². The number of rotatable bonds is 6. The van der Waals surface area contributed by atoms with Crippen molar-refractivity contribution >= 4 is 11.6 Å². The summed E-state index contributed by atoms with van der Waals surface area (Å²) in [6.45, 7) is 7.09. The molecule has 104 valence electrons. The van der Waals surface area contributed by atoms with Crippen molar-refractivity contribution < 1.29 is 14.0 Å². The average molecular weight is 264 g/mol. The van der Waals surface area contributed by atoms with E-state index in [4.69, 9.17) is 0 Å². The van der Waals surface area contributed by atoms with Gasteiger partial charge < -0.3 is 0 Å². The van der Waals surface area contributed by atoms with Crippen molar-refractivity contribution in [3.63, 3.8) is 0 Å². The molecule has 1 atom stereocenters. The molecule has 0 saturated carbocycles. The van der Waals surface area contributed by atoms with E-state index in [2.05, 4.69) is 0 Å². The molecule has 0 amide bonds. The third-order valence-corrected chi connectivity index (χ3v) is 3.28. The van der Waals surface area contributed by atoms with Crippen LogP contribution in [0.3, 0.4) is 0 Å². The van der Waals surface area contributed by atoms with Crippen LogP contribution in [0.1, 0.15) is 49.2 Å². The fourth-order valence-electron chi connectivity index (χ4n) is 1.94. The molecule has 0 bridgehead atoms. The van der Waals surface area contributed by atoms with Gasteiger partial charge in [-0.1, -0.05) is 39.8 Å². The predicted molar refractivity (Wildman–Crippen MR) is 74.3 cm³/mol. The fourth-order valence-corrected chi connectivity index (χ4v) is 1.94. The molecule has 0 aromatic heterocycles.